The summed E-state index contributed by atoms with van der Waals surface area (Å²) in [6, 6.07) is 22.5. The first kappa shape index (κ1) is 22.1. The van der Waals surface area contributed by atoms with Crippen molar-refractivity contribution in [2.75, 3.05) is 10.6 Å². The monoisotopic (exact) mass is 482 g/mol. The van der Waals surface area contributed by atoms with Crippen LogP contribution < -0.4 is 10.6 Å². The molecule has 154 valence electrons. The smallest absolute Gasteiger partial charge is 0.255 e. The van der Waals surface area contributed by atoms with Crippen LogP contribution in [0.4, 0.5) is 11.4 Å². The number of benzene rings is 3. The van der Waals surface area contributed by atoms with Crippen molar-refractivity contribution in [2.24, 2.45) is 0 Å². The van der Waals surface area contributed by atoms with Gasteiger partial charge in [0.15, 0.2) is 0 Å². The first-order valence-corrected chi connectivity index (χ1v) is 11.3. The topological polar surface area (TPSA) is 58.2 Å². The summed E-state index contributed by atoms with van der Waals surface area (Å²) in [6.07, 6.45) is 0.687. The average molecular weight is 483 g/mol. The lowest BCUT2D eigenvalue weighted by Gasteiger charge is -2.15. The Morgan fingerprint density at radius 3 is 2.30 bits per heavy atom. The molecule has 0 saturated heterocycles. The fourth-order valence-corrected chi connectivity index (χ4v) is 4.08. The van der Waals surface area contributed by atoms with Gasteiger partial charge in [-0.1, -0.05) is 46.6 Å². The lowest BCUT2D eigenvalue weighted by molar-refractivity contribution is -0.115. The number of halogens is 1. The Bertz CT molecular complexity index is 1020. The highest BCUT2D eigenvalue weighted by Gasteiger charge is 2.18. The van der Waals surface area contributed by atoms with Crippen molar-refractivity contribution in [1.82, 2.24) is 0 Å². The van der Waals surface area contributed by atoms with E-state index in [-0.39, 0.29) is 17.1 Å². The number of aryl methyl sites for hydroxylation is 1. The van der Waals surface area contributed by atoms with E-state index >= 15 is 0 Å². The van der Waals surface area contributed by atoms with Crippen LogP contribution >= 0.6 is 27.7 Å². The van der Waals surface area contributed by atoms with Crippen molar-refractivity contribution >= 4 is 50.9 Å². The predicted octanol–water partition coefficient (Wildman–Crippen LogP) is 6.52. The fraction of sp³-hybridized carbons (Fsp3) is 0.167. The molecule has 0 bridgehead atoms. The number of thioether (sulfide) groups is 1. The number of rotatable bonds is 7. The van der Waals surface area contributed by atoms with E-state index in [1.807, 2.05) is 86.6 Å². The molecule has 0 aliphatic carbocycles. The first-order chi connectivity index (χ1) is 14.4. The summed E-state index contributed by atoms with van der Waals surface area (Å²) in [5.41, 5.74) is 3.19. The van der Waals surface area contributed by atoms with Crippen molar-refractivity contribution in [2.45, 2.75) is 30.4 Å². The minimum Gasteiger partial charge on any atom is -0.325 e. The molecule has 30 heavy (non-hydrogen) atoms. The highest BCUT2D eigenvalue weighted by molar-refractivity contribution is 9.10. The van der Waals surface area contributed by atoms with Crippen LogP contribution in [0.1, 0.15) is 29.3 Å². The second-order valence-corrected chi connectivity index (χ2v) is 9.05. The maximum atomic E-state index is 12.7. The summed E-state index contributed by atoms with van der Waals surface area (Å²) in [7, 11) is 0. The predicted molar refractivity (Wildman–Crippen MR) is 128 cm³/mol. The summed E-state index contributed by atoms with van der Waals surface area (Å²) >= 11 is 4.88. The van der Waals surface area contributed by atoms with Gasteiger partial charge in [0.25, 0.3) is 5.91 Å². The summed E-state index contributed by atoms with van der Waals surface area (Å²) < 4.78 is 0.964. The Morgan fingerprint density at radius 1 is 0.933 bits per heavy atom. The van der Waals surface area contributed by atoms with Gasteiger partial charge in [0.2, 0.25) is 5.91 Å². The molecule has 0 aliphatic rings. The van der Waals surface area contributed by atoms with E-state index in [9.17, 15) is 9.59 Å². The van der Waals surface area contributed by atoms with Gasteiger partial charge in [-0.15, -0.1) is 11.8 Å². The molecule has 3 aromatic rings. The highest BCUT2D eigenvalue weighted by atomic mass is 79.9. The van der Waals surface area contributed by atoms with Gasteiger partial charge in [-0.2, -0.15) is 0 Å². The molecule has 0 heterocycles. The standard InChI is InChI=1S/C24H23BrN2O2S/c1-3-22(24(29)26-19-13-11-18(25)12-14-19)30-21-6-4-5-20(15-21)27-23(28)17-9-7-16(2)8-10-17/h4-15,22H,3H2,1-2H3,(H,26,29)(H,27,28). The zero-order chi connectivity index (χ0) is 21.5. The third-order valence-electron chi connectivity index (χ3n) is 4.46. The Morgan fingerprint density at radius 2 is 1.63 bits per heavy atom. The van der Waals surface area contributed by atoms with Crippen LogP contribution in [0.15, 0.2) is 82.2 Å². The molecule has 6 heteroatoms. The van der Waals surface area contributed by atoms with E-state index in [0.717, 1.165) is 20.6 Å². The van der Waals surface area contributed by atoms with E-state index in [0.29, 0.717) is 17.7 Å². The molecule has 2 amide bonds. The van der Waals surface area contributed by atoms with Gasteiger partial charge in [0, 0.05) is 26.3 Å². The molecule has 0 aromatic heterocycles. The molecule has 0 fully saturated rings. The van der Waals surface area contributed by atoms with Gasteiger partial charge >= 0.3 is 0 Å². The van der Waals surface area contributed by atoms with E-state index in [2.05, 4.69) is 26.6 Å². The Labute approximate surface area is 189 Å². The maximum absolute atomic E-state index is 12.7. The van der Waals surface area contributed by atoms with Gasteiger partial charge in [-0.05, 0) is 67.9 Å². The fourth-order valence-electron chi connectivity index (χ4n) is 2.80. The van der Waals surface area contributed by atoms with Crippen molar-refractivity contribution in [1.29, 1.82) is 0 Å². The highest BCUT2D eigenvalue weighted by Crippen LogP contribution is 2.29. The van der Waals surface area contributed by atoms with Gasteiger partial charge in [0.1, 0.15) is 0 Å². The van der Waals surface area contributed by atoms with Crippen LogP contribution in [0.25, 0.3) is 0 Å². The third-order valence-corrected chi connectivity index (χ3v) is 6.35. The molecule has 1 unspecified atom stereocenters. The van der Waals surface area contributed by atoms with Crippen LogP contribution in [-0.4, -0.2) is 17.1 Å². The molecule has 0 saturated carbocycles. The molecule has 0 aliphatic heterocycles. The van der Waals surface area contributed by atoms with E-state index in [1.165, 1.54) is 11.8 Å². The largest absolute Gasteiger partial charge is 0.325 e. The van der Waals surface area contributed by atoms with Crippen LogP contribution in [0.3, 0.4) is 0 Å². The average Bonchev–Trinajstić information content (AvgIpc) is 2.74. The summed E-state index contributed by atoms with van der Waals surface area (Å²) in [5.74, 6) is -0.198. The van der Waals surface area contributed by atoms with Crippen molar-refractivity contribution in [3.63, 3.8) is 0 Å². The normalized spacial score (nSPS) is 11.6. The number of carbonyl (C=O) groups excluding carboxylic acids is 2. The number of hydrogen-bond donors (Lipinski definition) is 2. The quantitative estimate of drug-likeness (QED) is 0.376. The van der Waals surface area contributed by atoms with E-state index in [1.54, 1.807) is 0 Å². The van der Waals surface area contributed by atoms with E-state index < -0.39 is 0 Å². The van der Waals surface area contributed by atoms with Gasteiger partial charge in [-0.3, -0.25) is 9.59 Å². The molecule has 0 radical (unpaired) electrons. The Hall–Kier alpha value is -2.57. The van der Waals surface area contributed by atoms with Gasteiger partial charge in [-0.25, -0.2) is 0 Å². The number of anilines is 2. The minimum atomic E-state index is -0.239. The maximum Gasteiger partial charge on any atom is 0.255 e. The molecular formula is C24H23BrN2O2S. The molecule has 1 atom stereocenters. The van der Waals surface area contributed by atoms with Crippen LogP contribution in [0.5, 0.6) is 0 Å². The molecular weight excluding hydrogens is 460 g/mol. The SMILES string of the molecule is CCC(Sc1cccc(NC(=O)c2ccc(C)cc2)c1)C(=O)Nc1ccc(Br)cc1. The zero-order valence-corrected chi connectivity index (χ0v) is 19.2. The second kappa shape index (κ2) is 10.5. The van der Waals surface area contributed by atoms with E-state index in [4.69, 9.17) is 0 Å². The van der Waals surface area contributed by atoms with Crippen molar-refractivity contribution < 1.29 is 9.59 Å². The van der Waals surface area contributed by atoms with Crippen LogP contribution in [0.2, 0.25) is 0 Å². The van der Waals surface area contributed by atoms with Crippen molar-refractivity contribution in [3.05, 3.63) is 88.4 Å². The summed E-state index contributed by atoms with van der Waals surface area (Å²) in [5, 5.41) is 5.65. The summed E-state index contributed by atoms with van der Waals surface area (Å²) in [4.78, 5) is 26.1. The lowest BCUT2D eigenvalue weighted by Crippen LogP contribution is -2.24. The third kappa shape index (κ3) is 6.21. The minimum absolute atomic E-state index is 0.0427. The molecule has 4 nitrogen and oxygen atoms in total. The second-order valence-electron chi connectivity index (χ2n) is 6.86. The van der Waals surface area contributed by atoms with Crippen LogP contribution in [0, 0.1) is 6.92 Å². The molecule has 2 N–H and O–H groups in total. The number of hydrogen-bond acceptors (Lipinski definition) is 3. The molecule has 3 aromatic carbocycles. The lowest BCUT2D eigenvalue weighted by atomic mass is 10.1. The van der Waals surface area contributed by atoms with Gasteiger partial charge in [0.05, 0.1) is 5.25 Å². The number of nitrogens with one attached hydrogen (secondary N) is 2. The van der Waals surface area contributed by atoms with Gasteiger partial charge < -0.3 is 10.6 Å². The van der Waals surface area contributed by atoms with Crippen LogP contribution in [-0.2, 0) is 4.79 Å². The van der Waals surface area contributed by atoms with Crippen molar-refractivity contribution in [3.8, 4) is 0 Å². The Balaban J connectivity index is 1.65. The molecule has 3 rings (SSSR count). The number of carbonyl (C=O) groups is 2. The number of amides is 2. The Kier molecular flexibility index (Phi) is 7.71. The molecule has 0 spiro atoms. The summed E-state index contributed by atoms with van der Waals surface area (Å²) in [6.45, 7) is 3.97. The first-order valence-electron chi connectivity index (χ1n) is 9.66. The zero-order valence-electron chi connectivity index (χ0n) is 16.8.